The average Bonchev–Trinajstić information content (AvgIpc) is 2.96. The normalized spacial score (nSPS) is 17.0. The Morgan fingerprint density at radius 3 is 2.68 bits per heavy atom. The molecule has 1 fully saturated rings. The molecule has 0 spiro atoms. The van der Waals surface area contributed by atoms with Crippen LogP contribution < -0.4 is 10.2 Å². The molecule has 0 saturated carbocycles. The van der Waals surface area contributed by atoms with Gasteiger partial charge >= 0.3 is 6.03 Å². The zero-order chi connectivity index (χ0) is 15.7. The van der Waals surface area contributed by atoms with E-state index in [1.165, 1.54) is 18.6 Å². The Kier molecular flexibility index (Phi) is 3.34. The predicted molar refractivity (Wildman–Crippen MR) is 78.9 cm³/mol. The van der Waals surface area contributed by atoms with Crippen LogP contribution >= 0.6 is 0 Å². The molecule has 1 aromatic heterocycles. The molecule has 2 aromatic rings. The molecule has 1 aliphatic heterocycles. The molecule has 0 bridgehead atoms. The maximum absolute atomic E-state index is 12.5. The molecule has 2 heterocycles. The lowest BCUT2D eigenvalue weighted by Gasteiger charge is -2.26. The van der Waals surface area contributed by atoms with Crippen molar-refractivity contribution in [1.82, 2.24) is 5.32 Å². The van der Waals surface area contributed by atoms with Crippen molar-refractivity contribution >= 4 is 29.6 Å². The first kappa shape index (κ1) is 13.8. The molecule has 6 heteroatoms. The summed E-state index contributed by atoms with van der Waals surface area (Å²) in [4.78, 5) is 37.4. The highest BCUT2D eigenvalue weighted by molar-refractivity contribution is 6.39. The van der Waals surface area contributed by atoms with Gasteiger partial charge in [0.25, 0.3) is 11.8 Å². The maximum Gasteiger partial charge on any atom is 0.335 e. The largest absolute Gasteiger partial charge is 0.472 e. The van der Waals surface area contributed by atoms with Gasteiger partial charge in [0.1, 0.15) is 5.57 Å². The first-order valence-electron chi connectivity index (χ1n) is 6.56. The Bertz CT molecular complexity index is 790. The summed E-state index contributed by atoms with van der Waals surface area (Å²) >= 11 is 0. The average molecular weight is 296 g/mol. The number of amides is 4. The van der Waals surface area contributed by atoms with Gasteiger partial charge in [-0.3, -0.25) is 14.9 Å². The Morgan fingerprint density at radius 1 is 1.18 bits per heavy atom. The molecule has 3 rings (SSSR count). The van der Waals surface area contributed by atoms with Crippen LogP contribution in [0.1, 0.15) is 11.1 Å². The summed E-state index contributed by atoms with van der Waals surface area (Å²) in [5.74, 6) is -1.39. The minimum Gasteiger partial charge on any atom is -0.472 e. The van der Waals surface area contributed by atoms with Crippen LogP contribution in [0.2, 0.25) is 0 Å². The Hall–Kier alpha value is -3.15. The number of rotatable bonds is 2. The molecule has 110 valence electrons. The van der Waals surface area contributed by atoms with Gasteiger partial charge in [-0.25, -0.2) is 9.69 Å². The van der Waals surface area contributed by atoms with Crippen molar-refractivity contribution in [1.29, 1.82) is 0 Å². The first-order valence-corrected chi connectivity index (χ1v) is 6.56. The lowest BCUT2D eigenvalue weighted by atomic mass is 10.1. The van der Waals surface area contributed by atoms with E-state index in [4.69, 9.17) is 4.42 Å². The summed E-state index contributed by atoms with van der Waals surface area (Å²) in [6.07, 6.45) is 4.22. The fraction of sp³-hybridized carbons (Fsp3) is 0.0625. The van der Waals surface area contributed by atoms with Crippen molar-refractivity contribution in [2.75, 3.05) is 4.90 Å². The van der Waals surface area contributed by atoms with Gasteiger partial charge in [0, 0.05) is 5.56 Å². The third kappa shape index (κ3) is 2.42. The maximum atomic E-state index is 12.5. The summed E-state index contributed by atoms with van der Waals surface area (Å²) in [5.41, 5.74) is 1.75. The van der Waals surface area contributed by atoms with Gasteiger partial charge in [-0.15, -0.1) is 0 Å². The number of anilines is 1. The quantitative estimate of drug-likeness (QED) is 0.681. The molecule has 1 saturated heterocycles. The number of carbonyl (C=O) groups is 3. The van der Waals surface area contributed by atoms with E-state index in [-0.39, 0.29) is 5.57 Å². The summed E-state index contributed by atoms with van der Waals surface area (Å²) in [7, 11) is 0. The number of aryl methyl sites for hydroxylation is 1. The van der Waals surface area contributed by atoms with Crippen molar-refractivity contribution in [2.45, 2.75) is 6.92 Å². The monoisotopic (exact) mass is 296 g/mol. The van der Waals surface area contributed by atoms with Gasteiger partial charge in [-0.1, -0.05) is 12.1 Å². The van der Waals surface area contributed by atoms with E-state index >= 15 is 0 Å². The predicted octanol–water partition coefficient (Wildman–Crippen LogP) is 2.25. The standard InChI is InChI=1S/C16H12N2O4/c1-10-3-2-4-12(7-10)18-15(20)13(14(19)17-16(18)21)8-11-5-6-22-9-11/h2-9H,1H3,(H,17,19,21)/b13-8-. The molecule has 1 N–H and O–H groups in total. The minimum absolute atomic E-state index is 0.123. The van der Waals surface area contributed by atoms with Gasteiger partial charge in [-0.05, 0) is 36.8 Å². The number of hydrogen-bond acceptors (Lipinski definition) is 4. The van der Waals surface area contributed by atoms with Gasteiger partial charge in [0.15, 0.2) is 0 Å². The molecule has 1 aromatic carbocycles. The van der Waals surface area contributed by atoms with Crippen molar-refractivity contribution < 1.29 is 18.8 Å². The second-order valence-electron chi connectivity index (χ2n) is 4.85. The Balaban J connectivity index is 2.03. The molecule has 6 nitrogen and oxygen atoms in total. The summed E-state index contributed by atoms with van der Waals surface area (Å²) in [6, 6.07) is 7.77. The second-order valence-corrected chi connectivity index (χ2v) is 4.85. The number of imide groups is 2. The summed E-state index contributed by atoms with van der Waals surface area (Å²) in [6.45, 7) is 1.85. The van der Waals surface area contributed by atoms with Crippen LogP contribution in [0.4, 0.5) is 10.5 Å². The number of benzene rings is 1. The van der Waals surface area contributed by atoms with Crippen LogP contribution in [-0.2, 0) is 9.59 Å². The molecule has 0 radical (unpaired) electrons. The van der Waals surface area contributed by atoms with Crippen LogP contribution in [0.5, 0.6) is 0 Å². The lowest BCUT2D eigenvalue weighted by molar-refractivity contribution is -0.122. The molecule has 0 atom stereocenters. The SMILES string of the molecule is Cc1cccc(N2C(=O)NC(=O)/C(=C/c3ccoc3)C2=O)c1. The van der Waals surface area contributed by atoms with E-state index in [0.717, 1.165) is 10.5 Å². The number of urea groups is 1. The van der Waals surface area contributed by atoms with Gasteiger partial charge < -0.3 is 4.42 Å². The van der Waals surface area contributed by atoms with E-state index in [9.17, 15) is 14.4 Å². The van der Waals surface area contributed by atoms with Gasteiger partial charge in [0.2, 0.25) is 0 Å². The van der Waals surface area contributed by atoms with E-state index in [0.29, 0.717) is 11.3 Å². The zero-order valence-corrected chi connectivity index (χ0v) is 11.7. The number of barbiturate groups is 1. The number of furan rings is 1. The van der Waals surface area contributed by atoms with Crippen LogP contribution in [0.15, 0.2) is 52.8 Å². The minimum atomic E-state index is -0.759. The first-order chi connectivity index (χ1) is 10.6. The zero-order valence-electron chi connectivity index (χ0n) is 11.7. The highest BCUT2D eigenvalue weighted by Crippen LogP contribution is 2.22. The highest BCUT2D eigenvalue weighted by Gasteiger charge is 2.36. The second kappa shape index (κ2) is 5.33. The van der Waals surface area contributed by atoms with E-state index in [1.807, 2.05) is 13.0 Å². The molecular formula is C16H12N2O4. The Morgan fingerprint density at radius 2 is 2.00 bits per heavy atom. The van der Waals surface area contributed by atoms with Crippen LogP contribution in [-0.4, -0.2) is 17.8 Å². The molecule has 22 heavy (non-hydrogen) atoms. The molecule has 0 aliphatic carbocycles. The van der Waals surface area contributed by atoms with E-state index in [1.54, 1.807) is 24.3 Å². The van der Waals surface area contributed by atoms with E-state index < -0.39 is 17.8 Å². The number of hydrogen-bond donors (Lipinski definition) is 1. The number of carbonyl (C=O) groups excluding carboxylic acids is 3. The van der Waals surface area contributed by atoms with Crippen molar-refractivity contribution in [3.8, 4) is 0 Å². The molecule has 0 unspecified atom stereocenters. The topological polar surface area (TPSA) is 79.6 Å². The van der Waals surface area contributed by atoms with Crippen LogP contribution in [0, 0.1) is 6.92 Å². The van der Waals surface area contributed by atoms with Gasteiger partial charge in [-0.2, -0.15) is 0 Å². The summed E-state index contributed by atoms with van der Waals surface area (Å²) in [5, 5.41) is 2.17. The molecular weight excluding hydrogens is 284 g/mol. The van der Waals surface area contributed by atoms with Crippen molar-refractivity contribution in [2.24, 2.45) is 0 Å². The highest BCUT2D eigenvalue weighted by atomic mass is 16.3. The van der Waals surface area contributed by atoms with Crippen LogP contribution in [0.3, 0.4) is 0 Å². The fourth-order valence-electron chi connectivity index (χ4n) is 2.18. The number of nitrogens with one attached hydrogen (secondary N) is 1. The smallest absolute Gasteiger partial charge is 0.335 e. The van der Waals surface area contributed by atoms with Crippen molar-refractivity contribution in [3.63, 3.8) is 0 Å². The van der Waals surface area contributed by atoms with Gasteiger partial charge in [0.05, 0.1) is 18.2 Å². The third-order valence-electron chi connectivity index (χ3n) is 3.22. The fourth-order valence-corrected chi connectivity index (χ4v) is 2.18. The lowest BCUT2D eigenvalue weighted by Crippen LogP contribution is -2.54. The third-order valence-corrected chi connectivity index (χ3v) is 3.22. The van der Waals surface area contributed by atoms with Crippen LogP contribution in [0.25, 0.3) is 6.08 Å². The summed E-state index contributed by atoms with van der Waals surface area (Å²) < 4.78 is 4.91. The van der Waals surface area contributed by atoms with E-state index in [2.05, 4.69) is 5.32 Å². The number of nitrogens with zero attached hydrogens (tertiary/aromatic N) is 1. The molecule has 4 amide bonds. The van der Waals surface area contributed by atoms with Crippen molar-refractivity contribution in [3.05, 3.63) is 59.6 Å². The molecule has 1 aliphatic rings. The Labute approximate surface area is 126 Å².